The molecule has 0 fully saturated rings. The summed E-state index contributed by atoms with van der Waals surface area (Å²) in [4.78, 5) is 13.3. The molecular formula is C28H39NO2. The summed E-state index contributed by atoms with van der Waals surface area (Å²) in [6, 6.07) is 15.1. The van der Waals surface area contributed by atoms with Gasteiger partial charge in [-0.1, -0.05) is 44.2 Å². The van der Waals surface area contributed by atoms with Gasteiger partial charge in [0, 0.05) is 13.0 Å². The predicted molar refractivity (Wildman–Crippen MR) is 129 cm³/mol. The number of carbonyl (C=O) groups excluding carboxylic acids is 1. The maximum absolute atomic E-state index is 10.9. The first-order chi connectivity index (χ1) is 15.0. The van der Waals surface area contributed by atoms with Gasteiger partial charge in [0.25, 0.3) is 0 Å². The molecule has 2 aromatic carbocycles. The molecule has 3 heteroatoms. The van der Waals surface area contributed by atoms with Gasteiger partial charge in [-0.3, -0.25) is 0 Å². The number of likely N-dealkylation sites (N-methyl/N-ethyl adjacent to an activating group) is 1. The third kappa shape index (κ3) is 6.20. The Labute approximate surface area is 188 Å². The summed E-state index contributed by atoms with van der Waals surface area (Å²) < 4.78 is 5.34. The summed E-state index contributed by atoms with van der Waals surface area (Å²) in [5.74, 6) is 1.62. The number of hydrogen-bond donors (Lipinski definition) is 0. The van der Waals surface area contributed by atoms with E-state index in [1.165, 1.54) is 42.4 Å². The molecule has 0 heterocycles. The maximum atomic E-state index is 10.9. The van der Waals surface area contributed by atoms with Gasteiger partial charge >= 0.3 is 0 Å². The second-order valence-electron chi connectivity index (χ2n) is 9.68. The van der Waals surface area contributed by atoms with Crippen LogP contribution in [0.4, 0.5) is 0 Å². The molecule has 2 aromatic rings. The summed E-state index contributed by atoms with van der Waals surface area (Å²) in [6.07, 6.45) is 8.70. The summed E-state index contributed by atoms with van der Waals surface area (Å²) >= 11 is 0. The molecular weight excluding hydrogens is 382 g/mol. The first kappa shape index (κ1) is 23.5. The first-order valence-electron chi connectivity index (χ1n) is 11.8. The van der Waals surface area contributed by atoms with Gasteiger partial charge in [-0.25, -0.2) is 0 Å². The Morgan fingerprint density at radius 1 is 1.10 bits per heavy atom. The second kappa shape index (κ2) is 10.9. The van der Waals surface area contributed by atoms with Crippen LogP contribution in [0.2, 0.25) is 0 Å². The average Bonchev–Trinajstić information content (AvgIpc) is 2.78. The van der Waals surface area contributed by atoms with Crippen molar-refractivity contribution in [3.05, 3.63) is 64.7 Å². The van der Waals surface area contributed by atoms with E-state index in [1.54, 1.807) is 7.11 Å². The molecule has 0 spiro atoms. The Hall–Kier alpha value is -2.13. The van der Waals surface area contributed by atoms with Crippen molar-refractivity contribution in [3.8, 4) is 5.75 Å². The van der Waals surface area contributed by atoms with E-state index in [-0.39, 0.29) is 0 Å². The fourth-order valence-corrected chi connectivity index (χ4v) is 5.11. The second-order valence-corrected chi connectivity index (χ2v) is 9.68. The molecule has 0 bridgehead atoms. The SMILES string of the molecule is COc1cccc(CCN(C)CCCC2(C(C)C)CCc3cc(CC=O)ccc3C2)c1. The van der Waals surface area contributed by atoms with Gasteiger partial charge in [0.1, 0.15) is 12.0 Å². The van der Waals surface area contributed by atoms with Crippen LogP contribution in [0.25, 0.3) is 0 Å². The molecule has 3 rings (SSSR count). The van der Waals surface area contributed by atoms with Crippen molar-refractivity contribution >= 4 is 6.29 Å². The molecule has 1 atom stereocenters. The summed E-state index contributed by atoms with van der Waals surface area (Å²) in [7, 11) is 3.97. The lowest BCUT2D eigenvalue weighted by Crippen LogP contribution is -2.35. The van der Waals surface area contributed by atoms with Crippen LogP contribution < -0.4 is 4.74 Å². The molecule has 1 aliphatic rings. The van der Waals surface area contributed by atoms with Crippen molar-refractivity contribution in [3.63, 3.8) is 0 Å². The van der Waals surface area contributed by atoms with E-state index in [0.717, 1.165) is 43.5 Å². The minimum Gasteiger partial charge on any atom is -0.497 e. The van der Waals surface area contributed by atoms with Crippen LogP contribution in [0.5, 0.6) is 5.75 Å². The molecule has 0 amide bonds. The van der Waals surface area contributed by atoms with E-state index >= 15 is 0 Å². The Morgan fingerprint density at radius 2 is 1.94 bits per heavy atom. The number of ether oxygens (including phenoxy) is 1. The van der Waals surface area contributed by atoms with Crippen LogP contribution >= 0.6 is 0 Å². The molecule has 0 N–H and O–H groups in total. The van der Waals surface area contributed by atoms with Crippen molar-refractivity contribution < 1.29 is 9.53 Å². The number of aryl methyl sites for hydroxylation is 1. The zero-order chi connectivity index (χ0) is 22.3. The Bertz CT molecular complexity index is 860. The summed E-state index contributed by atoms with van der Waals surface area (Å²) in [5, 5.41) is 0. The minimum atomic E-state index is 0.396. The average molecular weight is 422 g/mol. The number of nitrogens with zero attached hydrogens (tertiary/aromatic N) is 1. The molecule has 1 unspecified atom stereocenters. The highest BCUT2D eigenvalue weighted by molar-refractivity contribution is 5.55. The molecule has 0 saturated carbocycles. The lowest BCUT2D eigenvalue weighted by Gasteiger charge is -2.42. The van der Waals surface area contributed by atoms with Crippen molar-refractivity contribution in [2.45, 2.75) is 58.8 Å². The summed E-state index contributed by atoms with van der Waals surface area (Å²) in [5.41, 5.74) is 5.85. The molecule has 0 saturated heterocycles. The van der Waals surface area contributed by atoms with Gasteiger partial charge in [-0.15, -0.1) is 0 Å². The molecule has 1 aliphatic carbocycles. The van der Waals surface area contributed by atoms with Gasteiger partial charge in [0.15, 0.2) is 0 Å². The standard InChI is InChI=1S/C28H39NO2/c1-22(2)28(15-11-25-19-24(13-18-30)9-10-26(25)21-28)14-6-16-29(3)17-12-23-7-5-8-27(20-23)31-4/h5,7-10,18-20,22H,6,11-17,21H2,1-4H3. The number of carbonyl (C=O) groups is 1. The van der Waals surface area contributed by atoms with Gasteiger partial charge in [0.2, 0.25) is 0 Å². The van der Waals surface area contributed by atoms with E-state index in [0.29, 0.717) is 17.8 Å². The number of fused-ring (bicyclic) bond motifs is 1. The zero-order valence-corrected chi connectivity index (χ0v) is 19.8. The number of benzene rings is 2. The summed E-state index contributed by atoms with van der Waals surface area (Å²) in [6.45, 7) is 7.02. The highest BCUT2D eigenvalue weighted by Gasteiger charge is 2.36. The van der Waals surface area contributed by atoms with Crippen LogP contribution in [-0.4, -0.2) is 38.4 Å². The van der Waals surface area contributed by atoms with Crippen molar-refractivity contribution in [2.75, 3.05) is 27.2 Å². The normalized spacial score (nSPS) is 18.3. The van der Waals surface area contributed by atoms with Crippen molar-refractivity contribution in [2.24, 2.45) is 11.3 Å². The predicted octanol–water partition coefficient (Wildman–Crippen LogP) is 5.52. The maximum Gasteiger partial charge on any atom is 0.124 e. The number of rotatable bonds is 11. The van der Waals surface area contributed by atoms with Crippen LogP contribution in [-0.2, 0) is 30.5 Å². The quantitative estimate of drug-likeness (QED) is 0.447. The van der Waals surface area contributed by atoms with Crippen LogP contribution in [0, 0.1) is 11.3 Å². The van der Waals surface area contributed by atoms with Gasteiger partial charge < -0.3 is 14.4 Å². The highest BCUT2D eigenvalue weighted by Crippen LogP contribution is 2.45. The zero-order valence-electron chi connectivity index (χ0n) is 19.8. The Morgan fingerprint density at radius 3 is 2.68 bits per heavy atom. The lowest BCUT2D eigenvalue weighted by atomic mass is 9.63. The molecule has 0 radical (unpaired) electrons. The molecule has 168 valence electrons. The van der Waals surface area contributed by atoms with Crippen LogP contribution in [0.15, 0.2) is 42.5 Å². The smallest absolute Gasteiger partial charge is 0.124 e. The van der Waals surface area contributed by atoms with Gasteiger partial charge in [-0.2, -0.15) is 0 Å². The molecule has 31 heavy (non-hydrogen) atoms. The largest absolute Gasteiger partial charge is 0.497 e. The first-order valence-corrected chi connectivity index (χ1v) is 11.8. The van der Waals surface area contributed by atoms with Crippen LogP contribution in [0.1, 0.15) is 55.4 Å². The topological polar surface area (TPSA) is 29.5 Å². The van der Waals surface area contributed by atoms with E-state index in [9.17, 15) is 4.79 Å². The van der Waals surface area contributed by atoms with E-state index in [1.807, 2.05) is 6.07 Å². The van der Waals surface area contributed by atoms with E-state index in [2.05, 4.69) is 62.2 Å². The fraction of sp³-hybridized carbons (Fsp3) is 0.536. The van der Waals surface area contributed by atoms with E-state index in [4.69, 9.17) is 4.74 Å². The van der Waals surface area contributed by atoms with Crippen molar-refractivity contribution in [1.29, 1.82) is 0 Å². The van der Waals surface area contributed by atoms with Gasteiger partial charge in [0.05, 0.1) is 7.11 Å². The minimum absolute atomic E-state index is 0.396. The molecule has 3 nitrogen and oxygen atoms in total. The highest BCUT2D eigenvalue weighted by atomic mass is 16.5. The number of aldehydes is 1. The molecule has 0 aromatic heterocycles. The van der Waals surface area contributed by atoms with Crippen molar-refractivity contribution in [1.82, 2.24) is 4.90 Å². The number of hydrogen-bond acceptors (Lipinski definition) is 3. The third-order valence-electron chi connectivity index (χ3n) is 7.38. The lowest BCUT2D eigenvalue weighted by molar-refractivity contribution is -0.107. The van der Waals surface area contributed by atoms with Crippen LogP contribution in [0.3, 0.4) is 0 Å². The van der Waals surface area contributed by atoms with E-state index < -0.39 is 0 Å². The molecule has 0 aliphatic heterocycles. The third-order valence-corrected chi connectivity index (χ3v) is 7.38. The Kier molecular flexibility index (Phi) is 8.31. The monoisotopic (exact) mass is 421 g/mol. The Balaban J connectivity index is 1.53. The fourth-order valence-electron chi connectivity index (χ4n) is 5.11. The van der Waals surface area contributed by atoms with Gasteiger partial charge in [-0.05, 0) is 97.8 Å². The number of methoxy groups -OCH3 is 1.